The van der Waals surface area contributed by atoms with Crippen LogP contribution in [0.15, 0.2) is 21.8 Å². The SMILES string of the molecule is CCSc1cc2c(cc1C(=O)N(C)c1nnc(C(F)(F)C(F)(F)F)s1)n(C)c(=O)n2C. The Morgan fingerprint density at radius 1 is 1.13 bits per heavy atom. The van der Waals surface area contributed by atoms with Crippen LogP contribution in [-0.2, 0) is 20.0 Å². The van der Waals surface area contributed by atoms with Crippen LogP contribution in [0.4, 0.5) is 27.1 Å². The number of carbonyl (C=O) groups excluding carboxylic acids is 1. The first-order valence-corrected chi connectivity index (χ1v) is 10.5. The summed E-state index contributed by atoms with van der Waals surface area (Å²) in [7, 11) is 4.32. The third-order valence-electron chi connectivity index (χ3n) is 4.53. The number of nitrogens with zero attached hydrogens (tertiary/aromatic N) is 5. The molecule has 31 heavy (non-hydrogen) atoms. The molecule has 0 unspecified atom stereocenters. The van der Waals surface area contributed by atoms with Crippen molar-refractivity contribution in [1.29, 1.82) is 0 Å². The Morgan fingerprint density at radius 2 is 1.71 bits per heavy atom. The predicted octanol–water partition coefficient (Wildman–Crippen LogP) is 3.77. The molecule has 1 aromatic carbocycles. The first-order chi connectivity index (χ1) is 14.3. The lowest BCUT2D eigenvalue weighted by Crippen LogP contribution is -2.33. The van der Waals surface area contributed by atoms with Crippen molar-refractivity contribution in [2.24, 2.45) is 14.1 Å². The Hall–Kier alpha value is -2.48. The molecule has 0 radical (unpaired) electrons. The summed E-state index contributed by atoms with van der Waals surface area (Å²) in [5.41, 5.74) is 0.905. The zero-order chi connectivity index (χ0) is 23.3. The molecule has 0 saturated heterocycles. The second-order valence-electron chi connectivity index (χ2n) is 6.50. The van der Waals surface area contributed by atoms with Gasteiger partial charge >= 0.3 is 17.8 Å². The van der Waals surface area contributed by atoms with Crippen LogP contribution in [0, 0.1) is 0 Å². The molecule has 7 nitrogen and oxygen atoms in total. The molecule has 2 aromatic heterocycles. The summed E-state index contributed by atoms with van der Waals surface area (Å²) in [6, 6.07) is 3.15. The maximum Gasteiger partial charge on any atom is 0.460 e. The number of benzene rings is 1. The Bertz CT molecular complexity index is 1210. The molecule has 0 spiro atoms. The number of aromatic nitrogens is 4. The highest BCUT2D eigenvalue weighted by Gasteiger charge is 2.61. The standard InChI is InChI=1S/C17H16F5N5O2S2/c1-5-30-11-7-10-9(25(2)15(29)26(10)3)6-8(11)12(28)27(4)14-24-23-13(31-14)16(18,19)17(20,21)22/h6-7H,5H2,1-4H3. The lowest BCUT2D eigenvalue weighted by atomic mass is 10.1. The maximum absolute atomic E-state index is 13.5. The molecule has 3 aromatic rings. The Morgan fingerprint density at radius 3 is 2.26 bits per heavy atom. The van der Waals surface area contributed by atoms with Crippen molar-refractivity contribution in [3.05, 3.63) is 33.2 Å². The van der Waals surface area contributed by atoms with Gasteiger partial charge in [0.05, 0.1) is 16.6 Å². The number of hydrogen-bond donors (Lipinski definition) is 0. The number of imidazole rings is 1. The summed E-state index contributed by atoms with van der Waals surface area (Å²) >= 11 is 1.30. The highest BCUT2D eigenvalue weighted by Crippen LogP contribution is 2.45. The summed E-state index contributed by atoms with van der Waals surface area (Å²) in [5.74, 6) is -5.28. The third-order valence-corrected chi connectivity index (χ3v) is 6.54. The Labute approximate surface area is 180 Å². The number of rotatable bonds is 5. The van der Waals surface area contributed by atoms with Crippen molar-refractivity contribution in [3.63, 3.8) is 0 Å². The van der Waals surface area contributed by atoms with E-state index in [0.29, 0.717) is 21.7 Å². The van der Waals surface area contributed by atoms with E-state index in [4.69, 9.17) is 0 Å². The number of anilines is 1. The van der Waals surface area contributed by atoms with Gasteiger partial charge in [-0.15, -0.1) is 22.0 Å². The lowest BCUT2D eigenvalue weighted by Gasteiger charge is -2.17. The van der Waals surface area contributed by atoms with E-state index in [1.807, 2.05) is 6.92 Å². The third kappa shape index (κ3) is 3.82. The number of alkyl halides is 5. The second-order valence-corrected chi connectivity index (χ2v) is 8.76. The molecule has 0 fully saturated rings. The van der Waals surface area contributed by atoms with Crippen LogP contribution in [0.1, 0.15) is 22.3 Å². The van der Waals surface area contributed by atoms with Crippen molar-refractivity contribution in [2.45, 2.75) is 23.9 Å². The van der Waals surface area contributed by atoms with Gasteiger partial charge in [-0.1, -0.05) is 18.3 Å². The molecule has 0 aliphatic rings. The van der Waals surface area contributed by atoms with Crippen molar-refractivity contribution in [2.75, 3.05) is 17.7 Å². The molecule has 168 valence electrons. The van der Waals surface area contributed by atoms with E-state index in [9.17, 15) is 31.5 Å². The molecule has 1 amide bonds. The van der Waals surface area contributed by atoms with Gasteiger partial charge in [-0.2, -0.15) is 22.0 Å². The largest absolute Gasteiger partial charge is 0.460 e. The Balaban J connectivity index is 2.05. The Kier molecular flexibility index (Phi) is 5.90. The number of fused-ring (bicyclic) bond motifs is 1. The highest BCUT2D eigenvalue weighted by molar-refractivity contribution is 7.99. The number of thioether (sulfide) groups is 1. The van der Waals surface area contributed by atoms with Gasteiger partial charge in [0.25, 0.3) is 5.91 Å². The van der Waals surface area contributed by atoms with Crippen molar-refractivity contribution < 1.29 is 26.7 Å². The molecular formula is C17H16F5N5O2S2. The summed E-state index contributed by atoms with van der Waals surface area (Å²) in [4.78, 5) is 26.7. The van der Waals surface area contributed by atoms with Crippen LogP contribution in [0.3, 0.4) is 0 Å². The minimum atomic E-state index is -5.83. The smallest absolute Gasteiger partial charge is 0.295 e. The van der Waals surface area contributed by atoms with Gasteiger partial charge in [-0.3, -0.25) is 18.8 Å². The van der Waals surface area contributed by atoms with Crippen LogP contribution in [0.2, 0.25) is 0 Å². The van der Waals surface area contributed by atoms with Gasteiger partial charge in [-0.25, -0.2) is 4.79 Å². The molecule has 0 aliphatic carbocycles. The van der Waals surface area contributed by atoms with Crippen molar-refractivity contribution in [3.8, 4) is 0 Å². The molecular weight excluding hydrogens is 465 g/mol. The maximum atomic E-state index is 13.5. The summed E-state index contributed by atoms with van der Waals surface area (Å²) in [5, 5.41) is 4.31. The minimum Gasteiger partial charge on any atom is -0.295 e. The zero-order valence-corrected chi connectivity index (χ0v) is 18.3. The van der Waals surface area contributed by atoms with Crippen molar-refractivity contribution >= 4 is 45.2 Å². The average Bonchev–Trinajstić information content (AvgIpc) is 3.27. The number of halogens is 5. The minimum absolute atomic E-state index is 0.0229. The fourth-order valence-electron chi connectivity index (χ4n) is 2.83. The summed E-state index contributed by atoms with van der Waals surface area (Å²) in [6.45, 7) is 1.85. The van der Waals surface area contributed by atoms with Crippen LogP contribution in [-0.4, -0.2) is 44.2 Å². The van der Waals surface area contributed by atoms with Gasteiger partial charge in [0.2, 0.25) is 5.13 Å². The molecule has 3 rings (SSSR count). The van der Waals surface area contributed by atoms with E-state index in [0.717, 1.165) is 4.90 Å². The average molecular weight is 481 g/mol. The van der Waals surface area contributed by atoms with Gasteiger partial charge in [0, 0.05) is 26.0 Å². The lowest BCUT2D eigenvalue weighted by molar-refractivity contribution is -0.289. The van der Waals surface area contributed by atoms with Gasteiger partial charge < -0.3 is 0 Å². The van der Waals surface area contributed by atoms with E-state index in [-0.39, 0.29) is 22.6 Å². The molecule has 0 bridgehead atoms. The van der Waals surface area contributed by atoms with E-state index in [1.165, 1.54) is 41.1 Å². The number of amides is 1. The fourth-order valence-corrected chi connectivity index (χ4v) is 4.44. The van der Waals surface area contributed by atoms with Gasteiger partial charge in [-0.05, 0) is 17.9 Å². The predicted molar refractivity (Wildman–Crippen MR) is 107 cm³/mol. The van der Waals surface area contributed by atoms with Gasteiger partial charge in [0.1, 0.15) is 0 Å². The van der Waals surface area contributed by atoms with Crippen LogP contribution >= 0.6 is 23.1 Å². The number of carbonyl (C=O) groups is 1. The fraction of sp³-hybridized carbons (Fsp3) is 0.412. The molecule has 2 heterocycles. The molecule has 0 aliphatic heterocycles. The van der Waals surface area contributed by atoms with E-state index in [2.05, 4.69) is 10.2 Å². The summed E-state index contributed by atoms with van der Waals surface area (Å²) in [6.07, 6.45) is -5.83. The van der Waals surface area contributed by atoms with Crippen LogP contribution in [0.5, 0.6) is 0 Å². The van der Waals surface area contributed by atoms with E-state index < -0.39 is 28.1 Å². The zero-order valence-electron chi connectivity index (χ0n) is 16.6. The number of hydrogen-bond acceptors (Lipinski definition) is 6. The van der Waals surface area contributed by atoms with Crippen LogP contribution in [0.25, 0.3) is 11.0 Å². The number of aryl methyl sites for hydroxylation is 2. The second kappa shape index (κ2) is 7.89. The monoisotopic (exact) mass is 481 g/mol. The van der Waals surface area contributed by atoms with Gasteiger partial charge in [0.15, 0.2) is 5.01 Å². The topological polar surface area (TPSA) is 73.0 Å². The van der Waals surface area contributed by atoms with Crippen molar-refractivity contribution in [1.82, 2.24) is 19.3 Å². The molecule has 0 saturated carbocycles. The first-order valence-electron chi connectivity index (χ1n) is 8.70. The molecule has 0 atom stereocenters. The van der Waals surface area contributed by atoms with Crippen LogP contribution < -0.4 is 10.6 Å². The highest BCUT2D eigenvalue weighted by atomic mass is 32.2. The molecule has 14 heteroatoms. The molecule has 0 N–H and O–H groups in total. The first kappa shape index (κ1) is 23.2. The normalized spacial score (nSPS) is 12.5. The quantitative estimate of drug-likeness (QED) is 0.410. The van der Waals surface area contributed by atoms with E-state index in [1.54, 1.807) is 13.1 Å². The summed E-state index contributed by atoms with van der Waals surface area (Å²) < 4.78 is 67.6. The van der Waals surface area contributed by atoms with E-state index >= 15 is 0 Å².